The number of piperidine rings is 2. The van der Waals surface area contributed by atoms with E-state index in [4.69, 9.17) is 9.15 Å². The Morgan fingerprint density at radius 3 is 2.62 bits per heavy atom. The molecule has 1 unspecified atom stereocenters. The Kier molecular flexibility index (Phi) is 5.92. The maximum Gasteiger partial charge on any atom is 0.227 e. The van der Waals surface area contributed by atoms with Crippen LogP contribution in [0.15, 0.2) is 23.0 Å². The minimum Gasteiger partial charge on any atom is -0.472 e. The van der Waals surface area contributed by atoms with E-state index in [1.807, 2.05) is 11.2 Å². The molecular formula is C20H31N3O3. The standard InChI is InChI=1S/C20H31N3O3/c24-20(22-9-12-25-13-10-22)18-2-1-6-23(15-18)19-3-7-21(8-4-19)14-17-5-11-26-16-17/h5,11,16,18-19H,1-4,6-10,12-15H2. The second kappa shape index (κ2) is 8.55. The number of morpholine rings is 1. The average molecular weight is 361 g/mol. The molecule has 0 spiro atoms. The van der Waals surface area contributed by atoms with Gasteiger partial charge in [-0.3, -0.25) is 14.6 Å². The first-order valence-electron chi connectivity index (χ1n) is 10.1. The summed E-state index contributed by atoms with van der Waals surface area (Å²) in [5, 5.41) is 0. The normalized spacial score (nSPS) is 26.9. The van der Waals surface area contributed by atoms with E-state index in [9.17, 15) is 4.79 Å². The summed E-state index contributed by atoms with van der Waals surface area (Å²) < 4.78 is 10.6. The molecule has 0 bridgehead atoms. The van der Waals surface area contributed by atoms with Crippen LogP contribution < -0.4 is 0 Å². The number of furan rings is 1. The van der Waals surface area contributed by atoms with Gasteiger partial charge in [-0.25, -0.2) is 0 Å². The van der Waals surface area contributed by atoms with E-state index >= 15 is 0 Å². The van der Waals surface area contributed by atoms with Gasteiger partial charge in [-0.05, 0) is 51.4 Å². The summed E-state index contributed by atoms with van der Waals surface area (Å²) in [6, 6.07) is 2.69. The monoisotopic (exact) mass is 361 g/mol. The van der Waals surface area contributed by atoms with Gasteiger partial charge in [0.2, 0.25) is 5.91 Å². The summed E-state index contributed by atoms with van der Waals surface area (Å²) in [6.45, 7) is 8.27. The molecule has 1 aromatic rings. The second-order valence-electron chi connectivity index (χ2n) is 7.91. The predicted octanol–water partition coefficient (Wildman–Crippen LogP) is 1.81. The summed E-state index contributed by atoms with van der Waals surface area (Å²) in [4.78, 5) is 20.0. The van der Waals surface area contributed by atoms with Crippen LogP contribution >= 0.6 is 0 Å². The van der Waals surface area contributed by atoms with Crippen LogP contribution in [0.1, 0.15) is 31.2 Å². The summed E-state index contributed by atoms with van der Waals surface area (Å²) in [6.07, 6.45) is 8.20. The summed E-state index contributed by atoms with van der Waals surface area (Å²) in [7, 11) is 0. The lowest BCUT2D eigenvalue weighted by Crippen LogP contribution is -2.52. The molecule has 1 atom stereocenters. The van der Waals surface area contributed by atoms with Crippen LogP contribution in [0, 0.1) is 5.92 Å². The van der Waals surface area contributed by atoms with Gasteiger partial charge in [0.05, 0.1) is 31.7 Å². The van der Waals surface area contributed by atoms with E-state index in [2.05, 4.69) is 15.9 Å². The molecule has 0 N–H and O–H groups in total. The summed E-state index contributed by atoms with van der Waals surface area (Å²) >= 11 is 0. The highest BCUT2D eigenvalue weighted by Gasteiger charge is 2.33. The highest BCUT2D eigenvalue weighted by Crippen LogP contribution is 2.26. The third-order valence-electron chi connectivity index (χ3n) is 6.18. The largest absolute Gasteiger partial charge is 0.472 e. The van der Waals surface area contributed by atoms with Crippen molar-refractivity contribution in [1.29, 1.82) is 0 Å². The van der Waals surface area contributed by atoms with Crippen LogP contribution in [0.25, 0.3) is 0 Å². The first-order valence-corrected chi connectivity index (χ1v) is 10.1. The lowest BCUT2D eigenvalue weighted by Gasteiger charge is -2.43. The van der Waals surface area contributed by atoms with Crippen molar-refractivity contribution >= 4 is 5.91 Å². The van der Waals surface area contributed by atoms with Crippen molar-refractivity contribution in [2.24, 2.45) is 5.92 Å². The molecule has 6 heteroatoms. The van der Waals surface area contributed by atoms with Crippen molar-refractivity contribution in [3.8, 4) is 0 Å². The van der Waals surface area contributed by atoms with E-state index < -0.39 is 0 Å². The maximum absolute atomic E-state index is 12.8. The molecule has 4 rings (SSSR count). The molecule has 144 valence electrons. The van der Waals surface area contributed by atoms with Gasteiger partial charge in [-0.2, -0.15) is 0 Å². The van der Waals surface area contributed by atoms with Crippen molar-refractivity contribution in [3.05, 3.63) is 24.2 Å². The molecule has 3 aliphatic rings. The number of nitrogens with zero attached hydrogens (tertiary/aromatic N) is 3. The number of carbonyl (C=O) groups excluding carboxylic acids is 1. The van der Waals surface area contributed by atoms with Crippen LogP contribution in [0.5, 0.6) is 0 Å². The molecule has 3 saturated heterocycles. The van der Waals surface area contributed by atoms with Gasteiger partial charge in [0.25, 0.3) is 0 Å². The Morgan fingerprint density at radius 2 is 1.88 bits per heavy atom. The molecule has 0 radical (unpaired) electrons. The third-order valence-corrected chi connectivity index (χ3v) is 6.18. The van der Waals surface area contributed by atoms with Crippen LogP contribution in [-0.2, 0) is 16.1 Å². The molecule has 3 fully saturated rings. The van der Waals surface area contributed by atoms with Crippen molar-refractivity contribution in [3.63, 3.8) is 0 Å². The fraction of sp³-hybridized carbons (Fsp3) is 0.750. The predicted molar refractivity (Wildman–Crippen MR) is 98.7 cm³/mol. The highest BCUT2D eigenvalue weighted by atomic mass is 16.5. The fourth-order valence-electron chi connectivity index (χ4n) is 4.66. The Hall–Kier alpha value is -1.37. The molecule has 6 nitrogen and oxygen atoms in total. The SMILES string of the molecule is O=C(C1CCCN(C2CCN(Cc3ccoc3)CC2)C1)N1CCOCC1. The van der Waals surface area contributed by atoms with Crippen LogP contribution in [0.4, 0.5) is 0 Å². The first kappa shape index (κ1) is 18.0. The quantitative estimate of drug-likeness (QED) is 0.819. The smallest absolute Gasteiger partial charge is 0.227 e. The van der Waals surface area contributed by atoms with Crippen molar-refractivity contribution in [2.75, 3.05) is 52.5 Å². The first-order chi connectivity index (χ1) is 12.8. The number of hydrogen-bond acceptors (Lipinski definition) is 5. The van der Waals surface area contributed by atoms with Gasteiger partial charge in [-0.15, -0.1) is 0 Å². The Labute approximate surface area is 156 Å². The van der Waals surface area contributed by atoms with Gasteiger partial charge in [-0.1, -0.05) is 0 Å². The van der Waals surface area contributed by atoms with Crippen molar-refractivity contribution in [1.82, 2.24) is 14.7 Å². The Balaban J connectivity index is 1.26. The van der Waals surface area contributed by atoms with Crippen LogP contribution in [0.2, 0.25) is 0 Å². The number of rotatable bonds is 4. The fourth-order valence-corrected chi connectivity index (χ4v) is 4.66. The van der Waals surface area contributed by atoms with E-state index in [0.717, 1.165) is 58.7 Å². The van der Waals surface area contributed by atoms with E-state index in [-0.39, 0.29) is 5.92 Å². The Bertz CT molecular complexity index is 563. The van der Waals surface area contributed by atoms with Gasteiger partial charge in [0, 0.05) is 37.8 Å². The summed E-state index contributed by atoms with van der Waals surface area (Å²) in [5.41, 5.74) is 1.26. The van der Waals surface area contributed by atoms with Crippen LogP contribution in [0.3, 0.4) is 0 Å². The zero-order chi connectivity index (χ0) is 17.8. The molecule has 26 heavy (non-hydrogen) atoms. The zero-order valence-electron chi connectivity index (χ0n) is 15.6. The Morgan fingerprint density at radius 1 is 1.08 bits per heavy atom. The minimum absolute atomic E-state index is 0.186. The molecule has 4 heterocycles. The number of likely N-dealkylation sites (tertiary alicyclic amines) is 2. The van der Waals surface area contributed by atoms with E-state index in [1.165, 1.54) is 18.4 Å². The van der Waals surface area contributed by atoms with Gasteiger partial charge >= 0.3 is 0 Å². The van der Waals surface area contributed by atoms with Gasteiger partial charge in [0.15, 0.2) is 0 Å². The average Bonchev–Trinajstić information content (AvgIpc) is 3.22. The third kappa shape index (κ3) is 4.30. The zero-order valence-corrected chi connectivity index (χ0v) is 15.6. The number of amides is 1. The molecular weight excluding hydrogens is 330 g/mol. The second-order valence-corrected chi connectivity index (χ2v) is 7.91. The van der Waals surface area contributed by atoms with Gasteiger partial charge in [0.1, 0.15) is 0 Å². The lowest BCUT2D eigenvalue weighted by molar-refractivity contribution is -0.142. The highest BCUT2D eigenvalue weighted by molar-refractivity contribution is 5.79. The van der Waals surface area contributed by atoms with Crippen LogP contribution in [-0.4, -0.2) is 79.1 Å². The topological polar surface area (TPSA) is 49.2 Å². The minimum atomic E-state index is 0.186. The molecule has 3 aliphatic heterocycles. The summed E-state index contributed by atoms with van der Waals surface area (Å²) in [5.74, 6) is 0.543. The van der Waals surface area contributed by atoms with Gasteiger partial charge < -0.3 is 14.1 Å². The molecule has 0 aromatic carbocycles. The van der Waals surface area contributed by atoms with E-state index in [1.54, 1.807) is 6.26 Å². The number of carbonyl (C=O) groups is 1. The lowest BCUT2D eigenvalue weighted by atomic mass is 9.92. The maximum atomic E-state index is 12.8. The molecule has 1 amide bonds. The van der Waals surface area contributed by atoms with E-state index in [0.29, 0.717) is 25.2 Å². The molecule has 1 aromatic heterocycles. The van der Waals surface area contributed by atoms with Crippen molar-refractivity contribution in [2.45, 2.75) is 38.3 Å². The molecule has 0 aliphatic carbocycles. The number of hydrogen-bond donors (Lipinski definition) is 0. The van der Waals surface area contributed by atoms with Crippen molar-refractivity contribution < 1.29 is 13.9 Å². The number of ether oxygens (including phenoxy) is 1. The molecule has 0 saturated carbocycles.